The monoisotopic (exact) mass is 283 g/mol. The fourth-order valence-electron chi connectivity index (χ4n) is 2.72. The summed E-state index contributed by atoms with van der Waals surface area (Å²) in [6, 6.07) is 8.42. The summed E-state index contributed by atoms with van der Waals surface area (Å²) in [7, 11) is 0. The zero-order valence-corrected chi connectivity index (χ0v) is 13.0. The summed E-state index contributed by atoms with van der Waals surface area (Å²) in [5.41, 5.74) is 6.88. The van der Waals surface area contributed by atoms with E-state index in [4.69, 9.17) is 0 Å². The van der Waals surface area contributed by atoms with E-state index in [2.05, 4.69) is 39.0 Å². The van der Waals surface area contributed by atoms with Crippen molar-refractivity contribution in [2.45, 2.75) is 27.7 Å². The van der Waals surface area contributed by atoms with Gasteiger partial charge in [-0.05, 0) is 60.5 Å². The molecule has 20 heavy (non-hydrogen) atoms. The number of rotatable bonds is 1. The lowest BCUT2D eigenvalue weighted by atomic mass is 10.0. The Balaban J connectivity index is 2.37. The van der Waals surface area contributed by atoms with Gasteiger partial charge in [0, 0.05) is 6.92 Å². The zero-order chi connectivity index (χ0) is 14.4. The summed E-state index contributed by atoms with van der Waals surface area (Å²) in [5, 5.41) is 2.04. The predicted molar refractivity (Wildman–Crippen MR) is 85.8 cm³/mol. The number of carbonyl (C=O) groups excluding carboxylic acids is 1. The molecule has 2 aromatic heterocycles. The molecule has 3 heteroatoms. The van der Waals surface area contributed by atoms with Crippen molar-refractivity contribution in [2.75, 3.05) is 0 Å². The second kappa shape index (κ2) is 4.60. The van der Waals surface area contributed by atoms with Crippen LogP contribution in [0.1, 0.15) is 28.4 Å². The first-order chi connectivity index (χ1) is 9.50. The van der Waals surface area contributed by atoms with Crippen molar-refractivity contribution in [3.63, 3.8) is 0 Å². The third-order valence-corrected chi connectivity index (χ3v) is 4.92. The summed E-state index contributed by atoms with van der Waals surface area (Å²) in [6.07, 6.45) is 0. The Kier molecular flexibility index (Phi) is 3.02. The summed E-state index contributed by atoms with van der Waals surface area (Å²) in [6.45, 7) is 7.94. The molecule has 3 aromatic rings. The Bertz CT molecular complexity index is 823. The van der Waals surface area contributed by atoms with Crippen molar-refractivity contribution in [1.82, 2.24) is 4.57 Å². The number of aromatic nitrogens is 1. The molecule has 1 aromatic carbocycles. The van der Waals surface area contributed by atoms with Gasteiger partial charge in [-0.3, -0.25) is 9.36 Å². The van der Waals surface area contributed by atoms with Gasteiger partial charge >= 0.3 is 0 Å². The molecule has 3 rings (SSSR count). The molecule has 0 aliphatic carbocycles. The molecule has 0 unspecified atom stereocenters. The lowest BCUT2D eigenvalue weighted by Gasteiger charge is -2.10. The van der Waals surface area contributed by atoms with E-state index in [1.54, 1.807) is 18.3 Å². The number of nitrogens with zero attached hydrogens (tertiary/aromatic N) is 1. The number of hydrogen-bond donors (Lipinski definition) is 0. The third kappa shape index (κ3) is 1.81. The normalized spacial score (nSPS) is 11.2. The van der Waals surface area contributed by atoms with E-state index in [1.807, 2.05) is 16.0 Å². The SMILES string of the molecule is CC(=O)n1c(-c2ccc(C)c(C)c2)c(C)c2sccc21. The van der Waals surface area contributed by atoms with Crippen molar-refractivity contribution < 1.29 is 4.79 Å². The first-order valence-electron chi connectivity index (χ1n) is 6.67. The van der Waals surface area contributed by atoms with Gasteiger partial charge < -0.3 is 0 Å². The zero-order valence-electron chi connectivity index (χ0n) is 12.2. The molecule has 0 aliphatic rings. The molecule has 0 amide bonds. The van der Waals surface area contributed by atoms with Crippen molar-refractivity contribution in [1.29, 1.82) is 0 Å². The Morgan fingerprint density at radius 1 is 1.10 bits per heavy atom. The highest BCUT2D eigenvalue weighted by Gasteiger charge is 2.19. The second-order valence-corrected chi connectivity index (χ2v) is 6.18. The van der Waals surface area contributed by atoms with E-state index in [9.17, 15) is 4.79 Å². The van der Waals surface area contributed by atoms with Crippen LogP contribution in [0.25, 0.3) is 21.5 Å². The molecule has 0 spiro atoms. The maximum absolute atomic E-state index is 12.1. The maximum atomic E-state index is 12.1. The lowest BCUT2D eigenvalue weighted by molar-refractivity contribution is 0.0943. The molecule has 0 radical (unpaired) electrons. The molecule has 102 valence electrons. The highest BCUT2D eigenvalue weighted by molar-refractivity contribution is 7.17. The van der Waals surface area contributed by atoms with E-state index in [1.165, 1.54) is 21.4 Å². The van der Waals surface area contributed by atoms with Crippen molar-refractivity contribution >= 4 is 27.5 Å². The average molecular weight is 283 g/mol. The number of thiophene rings is 1. The largest absolute Gasteiger partial charge is 0.279 e. The number of carbonyl (C=O) groups is 1. The fraction of sp³-hybridized carbons (Fsp3) is 0.235. The van der Waals surface area contributed by atoms with Gasteiger partial charge in [0.25, 0.3) is 0 Å². The van der Waals surface area contributed by atoms with E-state index in [0.29, 0.717) is 0 Å². The highest BCUT2D eigenvalue weighted by atomic mass is 32.1. The van der Waals surface area contributed by atoms with Crippen LogP contribution in [-0.4, -0.2) is 10.5 Å². The van der Waals surface area contributed by atoms with Crippen LogP contribution in [0.2, 0.25) is 0 Å². The van der Waals surface area contributed by atoms with Crippen molar-refractivity contribution in [3.05, 3.63) is 46.3 Å². The molecule has 0 aliphatic heterocycles. The van der Waals surface area contributed by atoms with E-state index in [-0.39, 0.29) is 5.91 Å². The lowest BCUT2D eigenvalue weighted by Crippen LogP contribution is -2.07. The van der Waals surface area contributed by atoms with Crippen LogP contribution in [0.3, 0.4) is 0 Å². The number of aryl methyl sites for hydroxylation is 3. The third-order valence-electron chi connectivity index (χ3n) is 3.90. The summed E-state index contributed by atoms with van der Waals surface area (Å²) in [4.78, 5) is 12.1. The standard InChI is InChI=1S/C17H17NOS/c1-10-5-6-14(9-11(10)2)16-12(3)17-15(7-8-20-17)18(16)13(4)19/h5-9H,1-4H3. The van der Waals surface area contributed by atoms with Crippen molar-refractivity contribution in [3.8, 4) is 11.3 Å². The maximum Gasteiger partial charge on any atom is 0.228 e. The van der Waals surface area contributed by atoms with Gasteiger partial charge in [-0.1, -0.05) is 12.1 Å². The molecule has 0 saturated heterocycles. The fourth-order valence-corrected chi connectivity index (χ4v) is 3.60. The van der Waals surface area contributed by atoms with Crippen molar-refractivity contribution in [2.24, 2.45) is 0 Å². The minimum absolute atomic E-state index is 0.0646. The topological polar surface area (TPSA) is 22.0 Å². The van der Waals surface area contributed by atoms with Crippen LogP contribution in [0.15, 0.2) is 29.6 Å². The molecule has 0 N–H and O–H groups in total. The van der Waals surface area contributed by atoms with Crippen LogP contribution in [0.5, 0.6) is 0 Å². The van der Waals surface area contributed by atoms with Gasteiger partial charge in [0.2, 0.25) is 5.91 Å². The highest BCUT2D eigenvalue weighted by Crippen LogP contribution is 2.36. The Morgan fingerprint density at radius 2 is 1.85 bits per heavy atom. The van der Waals surface area contributed by atoms with Crippen LogP contribution >= 0.6 is 11.3 Å². The van der Waals surface area contributed by atoms with Crippen LogP contribution in [-0.2, 0) is 0 Å². The molecule has 0 bridgehead atoms. The Morgan fingerprint density at radius 3 is 2.50 bits per heavy atom. The first-order valence-corrected chi connectivity index (χ1v) is 7.55. The van der Waals surface area contributed by atoms with E-state index < -0.39 is 0 Å². The molecule has 0 atom stereocenters. The second-order valence-electron chi connectivity index (χ2n) is 5.26. The van der Waals surface area contributed by atoms with Gasteiger partial charge in [-0.2, -0.15) is 0 Å². The smallest absolute Gasteiger partial charge is 0.228 e. The Hall–Kier alpha value is -1.87. The van der Waals surface area contributed by atoms with Crippen LogP contribution < -0.4 is 0 Å². The minimum atomic E-state index is 0.0646. The van der Waals surface area contributed by atoms with Gasteiger partial charge in [-0.15, -0.1) is 11.3 Å². The van der Waals surface area contributed by atoms with Crippen LogP contribution in [0, 0.1) is 20.8 Å². The predicted octanol–water partition coefficient (Wildman–Crippen LogP) is 4.96. The number of fused-ring (bicyclic) bond motifs is 1. The number of hydrogen-bond acceptors (Lipinski definition) is 2. The van der Waals surface area contributed by atoms with Gasteiger partial charge in [-0.25, -0.2) is 0 Å². The first kappa shape index (κ1) is 13.1. The molecule has 2 nitrogen and oxygen atoms in total. The molecule has 0 fully saturated rings. The summed E-state index contributed by atoms with van der Waals surface area (Å²) < 4.78 is 3.04. The minimum Gasteiger partial charge on any atom is -0.279 e. The van der Waals surface area contributed by atoms with Gasteiger partial charge in [0.1, 0.15) is 0 Å². The molecule has 2 heterocycles. The molecular formula is C17H17NOS. The van der Waals surface area contributed by atoms with Gasteiger partial charge in [0.05, 0.1) is 15.9 Å². The molecule has 0 saturated carbocycles. The van der Waals surface area contributed by atoms with E-state index in [0.717, 1.165) is 16.8 Å². The van der Waals surface area contributed by atoms with Gasteiger partial charge in [0.15, 0.2) is 0 Å². The number of benzene rings is 1. The Labute approximate surface area is 122 Å². The van der Waals surface area contributed by atoms with E-state index >= 15 is 0 Å². The average Bonchev–Trinajstić information content (AvgIpc) is 2.95. The quantitative estimate of drug-likeness (QED) is 0.619. The molecular weight excluding hydrogens is 266 g/mol. The summed E-state index contributed by atoms with van der Waals surface area (Å²) in [5.74, 6) is 0.0646. The van der Waals surface area contributed by atoms with Crippen LogP contribution in [0.4, 0.5) is 0 Å². The summed E-state index contributed by atoms with van der Waals surface area (Å²) >= 11 is 1.70.